The number of methoxy groups -OCH3 is 1. The molecular weight excluding hydrogens is 592 g/mol. The molecule has 0 radical (unpaired) electrons. The van der Waals surface area contributed by atoms with Gasteiger partial charge in [-0.25, -0.2) is 9.67 Å². The van der Waals surface area contributed by atoms with Crippen LogP contribution in [0.2, 0.25) is 0 Å². The number of aryl methyl sites for hydroxylation is 2. The summed E-state index contributed by atoms with van der Waals surface area (Å²) in [7, 11) is 1.68. The van der Waals surface area contributed by atoms with Crippen molar-refractivity contribution in [3.63, 3.8) is 0 Å². The third-order valence-electron chi connectivity index (χ3n) is 10.4. The van der Waals surface area contributed by atoms with Crippen molar-refractivity contribution in [3.05, 3.63) is 113 Å². The number of nitrogens with zero attached hydrogens (tertiary/aromatic N) is 4. The molecule has 1 aliphatic carbocycles. The number of aromatic nitrogens is 4. The molecule has 0 fully saturated rings. The van der Waals surface area contributed by atoms with Crippen LogP contribution in [0.25, 0.3) is 33.3 Å². The van der Waals surface area contributed by atoms with Crippen LogP contribution >= 0.6 is 0 Å². The molecule has 246 valence electrons. The fourth-order valence-electron chi connectivity index (χ4n) is 8.06. The standard InChI is InChI=1S/C42H46N4O2/c1-8-29-21-30(9-2)42(31(10-3)22-29)41-27(5)44-46(28(41)6)32-19-26(4)20-35(23-32)48-34-15-16-37-36-13-11-12-14-38(36)45(39(37)24-34)40-25-33(47-7)17-18-43-40/h11-21,23-25,29,31,42H,8-10,22H2,1-7H3/t29?,31-,42+/m0/s1. The van der Waals surface area contributed by atoms with Crippen LogP contribution < -0.4 is 9.47 Å². The zero-order valence-corrected chi connectivity index (χ0v) is 29.2. The fraction of sp³-hybridized carbons (Fsp3) is 0.333. The number of benzene rings is 3. The SMILES string of the molecule is CCC1=CC(CC)C[C@H](CC)[C@@H]1c1c(C)nn(-c2cc(C)cc(Oc3ccc4c5ccccc5n(-c5cc(OC)ccn5)c4c3)c2)c1C. The molecule has 48 heavy (non-hydrogen) atoms. The van der Waals surface area contributed by atoms with Gasteiger partial charge in [0, 0.05) is 52.3 Å². The molecule has 0 N–H and O–H groups in total. The van der Waals surface area contributed by atoms with Gasteiger partial charge in [-0.1, -0.05) is 57.0 Å². The van der Waals surface area contributed by atoms with E-state index in [0.29, 0.717) is 17.8 Å². The third kappa shape index (κ3) is 5.57. The first-order chi connectivity index (χ1) is 23.3. The lowest BCUT2D eigenvalue weighted by atomic mass is 9.68. The van der Waals surface area contributed by atoms with Crippen LogP contribution in [-0.2, 0) is 0 Å². The summed E-state index contributed by atoms with van der Waals surface area (Å²) in [6.45, 7) is 13.5. The lowest BCUT2D eigenvalue weighted by Gasteiger charge is -2.36. The number of ether oxygens (including phenoxy) is 2. The second-order valence-electron chi connectivity index (χ2n) is 13.3. The van der Waals surface area contributed by atoms with E-state index in [-0.39, 0.29) is 0 Å². The van der Waals surface area contributed by atoms with Crippen molar-refractivity contribution < 1.29 is 9.47 Å². The molecule has 6 aromatic rings. The lowest BCUT2D eigenvalue weighted by Crippen LogP contribution is -2.24. The van der Waals surface area contributed by atoms with Gasteiger partial charge in [0.05, 0.1) is 29.5 Å². The highest BCUT2D eigenvalue weighted by atomic mass is 16.5. The summed E-state index contributed by atoms with van der Waals surface area (Å²) in [5.74, 6) is 4.85. The number of hydrogen-bond acceptors (Lipinski definition) is 4. The number of hydrogen-bond donors (Lipinski definition) is 0. The predicted octanol–water partition coefficient (Wildman–Crippen LogP) is 11.0. The minimum Gasteiger partial charge on any atom is -0.497 e. The van der Waals surface area contributed by atoms with Crippen molar-refractivity contribution in [1.29, 1.82) is 0 Å². The van der Waals surface area contributed by atoms with Gasteiger partial charge in [-0.3, -0.25) is 4.57 Å². The summed E-state index contributed by atoms with van der Waals surface area (Å²) in [4.78, 5) is 4.71. The molecule has 0 saturated heterocycles. The van der Waals surface area contributed by atoms with E-state index in [4.69, 9.17) is 19.6 Å². The van der Waals surface area contributed by atoms with Gasteiger partial charge in [0.1, 0.15) is 23.1 Å². The zero-order valence-electron chi connectivity index (χ0n) is 29.2. The van der Waals surface area contributed by atoms with Crippen molar-refractivity contribution in [2.45, 2.75) is 73.1 Å². The van der Waals surface area contributed by atoms with Gasteiger partial charge < -0.3 is 9.47 Å². The Morgan fingerprint density at radius 3 is 2.40 bits per heavy atom. The Kier molecular flexibility index (Phi) is 8.59. The van der Waals surface area contributed by atoms with Gasteiger partial charge in [-0.05, 0) is 93.8 Å². The van der Waals surface area contributed by atoms with E-state index < -0.39 is 0 Å². The Bertz CT molecular complexity index is 2150. The maximum atomic E-state index is 6.64. The quantitative estimate of drug-likeness (QED) is 0.148. The highest BCUT2D eigenvalue weighted by molar-refractivity contribution is 6.09. The van der Waals surface area contributed by atoms with Crippen molar-refractivity contribution in [1.82, 2.24) is 19.3 Å². The Hall–Kier alpha value is -4.84. The highest BCUT2D eigenvalue weighted by Crippen LogP contribution is 2.46. The van der Waals surface area contributed by atoms with E-state index in [2.05, 4.69) is 118 Å². The van der Waals surface area contributed by atoms with Gasteiger partial charge in [0.25, 0.3) is 0 Å². The molecule has 0 aliphatic heterocycles. The number of para-hydroxylation sites is 1. The van der Waals surface area contributed by atoms with Gasteiger partial charge in [-0.2, -0.15) is 5.10 Å². The first-order valence-electron chi connectivity index (χ1n) is 17.4. The molecular formula is C42H46N4O2. The minimum atomic E-state index is 0.426. The average molecular weight is 639 g/mol. The number of allylic oxidation sites excluding steroid dienone is 2. The monoisotopic (exact) mass is 638 g/mol. The highest BCUT2D eigenvalue weighted by Gasteiger charge is 2.34. The number of rotatable bonds is 9. The summed E-state index contributed by atoms with van der Waals surface area (Å²) >= 11 is 0. The summed E-state index contributed by atoms with van der Waals surface area (Å²) in [6, 6.07) is 25.0. The zero-order chi connectivity index (χ0) is 33.5. The molecule has 0 amide bonds. The van der Waals surface area contributed by atoms with Crippen molar-refractivity contribution in [2.24, 2.45) is 11.8 Å². The van der Waals surface area contributed by atoms with E-state index in [1.807, 2.05) is 12.1 Å². The van der Waals surface area contributed by atoms with Gasteiger partial charge in [0.15, 0.2) is 0 Å². The molecule has 0 saturated carbocycles. The molecule has 3 aromatic heterocycles. The fourth-order valence-corrected chi connectivity index (χ4v) is 8.06. The minimum absolute atomic E-state index is 0.426. The Balaban J connectivity index is 1.28. The first-order valence-corrected chi connectivity index (χ1v) is 17.4. The molecule has 3 atom stereocenters. The first kappa shape index (κ1) is 31.7. The number of fused-ring (bicyclic) bond motifs is 3. The van der Waals surface area contributed by atoms with Crippen LogP contribution in [0.1, 0.15) is 74.9 Å². The molecule has 0 spiro atoms. The topological polar surface area (TPSA) is 54.1 Å². The predicted molar refractivity (Wildman–Crippen MR) is 196 cm³/mol. The van der Waals surface area contributed by atoms with E-state index in [1.165, 1.54) is 30.5 Å². The van der Waals surface area contributed by atoms with Crippen molar-refractivity contribution >= 4 is 21.8 Å². The molecule has 3 heterocycles. The maximum Gasteiger partial charge on any atom is 0.141 e. The Labute approximate surface area is 284 Å². The average Bonchev–Trinajstić information content (AvgIpc) is 3.59. The van der Waals surface area contributed by atoms with Crippen LogP contribution in [0.4, 0.5) is 0 Å². The van der Waals surface area contributed by atoms with E-state index in [9.17, 15) is 0 Å². The summed E-state index contributed by atoms with van der Waals surface area (Å²) in [5.41, 5.74) is 9.57. The summed E-state index contributed by atoms with van der Waals surface area (Å²) in [6.07, 6.45) is 9.09. The van der Waals surface area contributed by atoms with E-state index in [1.54, 1.807) is 18.9 Å². The van der Waals surface area contributed by atoms with Crippen molar-refractivity contribution in [3.8, 4) is 28.8 Å². The maximum absolute atomic E-state index is 6.64. The van der Waals surface area contributed by atoms with E-state index in [0.717, 1.165) is 68.2 Å². The molecule has 0 bridgehead atoms. The van der Waals surface area contributed by atoms with Crippen LogP contribution in [0, 0.1) is 32.6 Å². The normalized spacial score (nSPS) is 18.0. The molecule has 7 rings (SSSR count). The molecule has 6 nitrogen and oxygen atoms in total. The number of pyridine rings is 1. The van der Waals surface area contributed by atoms with Gasteiger partial charge >= 0.3 is 0 Å². The lowest BCUT2D eigenvalue weighted by molar-refractivity contribution is 0.330. The van der Waals surface area contributed by atoms with E-state index >= 15 is 0 Å². The van der Waals surface area contributed by atoms with Crippen LogP contribution in [-0.4, -0.2) is 26.4 Å². The second kappa shape index (κ2) is 13.0. The third-order valence-corrected chi connectivity index (χ3v) is 10.4. The van der Waals surface area contributed by atoms with Gasteiger partial charge in [0.2, 0.25) is 0 Å². The van der Waals surface area contributed by atoms with Gasteiger partial charge in [-0.15, -0.1) is 0 Å². The second-order valence-corrected chi connectivity index (χ2v) is 13.3. The summed E-state index contributed by atoms with van der Waals surface area (Å²) < 4.78 is 16.5. The molecule has 3 aromatic carbocycles. The van der Waals surface area contributed by atoms with Crippen LogP contribution in [0.3, 0.4) is 0 Å². The molecule has 1 aliphatic rings. The van der Waals surface area contributed by atoms with Crippen LogP contribution in [0.5, 0.6) is 17.2 Å². The smallest absolute Gasteiger partial charge is 0.141 e. The Morgan fingerprint density at radius 2 is 1.62 bits per heavy atom. The Morgan fingerprint density at radius 1 is 0.812 bits per heavy atom. The van der Waals surface area contributed by atoms with Crippen molar-refractivity contribution in [2.75, 3.05) is 7.11 Å². The van der Waals surface area contributed by atoms with Crippen LogP contribution in [0.15, 0.2) is 90.6 Å². The molecule has 1 unspecified atom stereocenters. The summed E-state index contributed by atoms with van der Waals surface area (Å²) in [5, 5.41) is 7.46. The largest absolute Gasteiger partial charge is 0.497 e. The molecule has 6 heteroatoms.